The van der Waals surface area contributed by atoms with Gasteiger partial charge in [0.15, 0.2) is 0 Å². The molecular formula is C8H18O. The molecule has 0 amide bonds. The third-order valence-electron chi connectivity index (χ3n) is 1.75. The molecule has 1 rings (SSSR count). The number of hydrogen-bond acceptors (Lipinski definition) is 1. The van der Waals surface area contributed by atoms with Crippen LogP contribution in [0.3, 0.4) is 0 Å². The highest BCUT2D eigenvalue weighted by molar-refractivity contribution is 4.63. The Morgan fingerprint density at radius 2 is 2.00 bits per heavy atom. The first-order valence-corrected chi connectivity index (χ1v) is 3.40. The molecule has 9 heavy (non-hydrogen) atoms. The van der Waals surface area contributed by atoms with Gasteiger partial charge >= 0.3 is 0 Å². The van der Waals surface area contributed by atoms with Gasteiger partial charge < -0.3 is 4.74 Å². The fourth-order valence-electron chi connectivity index (χ4n) is 1.22. The zero-order chi connectivity index (χ0) is 5.98. The molecule has 2 atom stereocenters. The normalized spacial score (nSPS) is 35.3. The highest BCUT2D eigenvalue weighted by Crippen LogP contribution is 2.18. The van der Waals surface area contributed by atoms with E-state index in [0.717, 1.165) is 12.5 Å². The van der Waals surface area contributed by atoms with E-state index in [4.69, 9.17) is 4.74 Å². The minimum Gasteiger partial charge on any atom is -0.378 e. The molecule has 0 aromatic heterocycles. The second kappa shape index (κ2) is 3.89. The van der Waals surface area contributed by atoms with Gasteiger partial charge in [-0.3, -0.25) is 0 Å². The molecule has 1 heterocycles. The van der Waals surface area contributed by atoms with Gasteiger partial charge in [-0.25, -0.2) is 0 Å². The van der Waals surface area contributed by atoms with Crippen molar-refractivity contribution in [1.82, 2.24) is 0 Å². The lowest BCUT2D eigenvalue weighted by Crippen LogP contribution is -2.20. The largest absolute Gasteiger partial charge is 0.378 e. The van der Waals surface area contributed by atoms with E-state index in [1.54, 1.807) is 0 Å². The number of rotatable bonds is 0. The number of hydrogen-bond donors (Lipinski definition) is 0. The van der Waals surface area contributed by atoms with Crippen molar-refractivity contribution >= 4 is 0 Å². The Bertz CT molecular complexity index is 63.0. The van der Waals surface area contributed by atoms with Crippen molar-refractivity contribution in [2.45, 2.75) is 40.2 Å². The van der Waals surface area contributed by atoms with Crippen LogP contribution in [0.4, 0.5) is 0 Å². The Labute approximate surface area is 58.4 Å². The van der Waals surface area contributed by atoms with Crippen molar-refractivity contribution in [1.29, 1.82) is 0 Å². The summed E-state index contributed by atoms with van der Waals surface area (Å²) in [4.78, 5) is 0. The van der Waals surface area contributed by atoms with Crippen LogP contribution in [0.15, 0.2) is 0 Å². The van der Waals surface area contributed by atoms with E-state index in [1.165, 1.54) is 12.8 Å². The topological polar surface area (TPSA) is 9.23 Å². The van der Waals surface area contributed by atoms with Crippen LogP contribution in [0.2, 0.25) is 0 Å². The van der Waals surface area contributed by atoms with Crippen LogP contribution in [0.1, 0.15) is 34.1 Å². The van der Waals surface area contributed by atoms with Gasteiger partial charge in [0, 0.05) is 6.61 Å². The van der Waals surface area contributed by atoms with E-state index >= 15 is 0 Å². The first-order chi connectivity index (χ1) is 3.79. The van der Waals surface area contributed by atoms with Crippen LogP contribution in [-0.4, -0.2) is 12.7 Å². The van der Waals surface area contributed by atoms with Crippen LogP contribution in [-0.2, 0) is 4.74 Å². The summed E-state index contributed by atoms with van der Waals surface area (Å²) in [6, 6.07) is 0. The molecule has 56 valence electrons. The molecule has 2 unspecified atom stereocenters. The maximum Gasteiger partial charge on any atom is 0.0549 e. The van der Waals surface area contributed by atoms with Crippen molar-refractivity contribution < 1.29 is 4.74 Å². The highest BCUT2D eigenvalue weighted by Gasteiger charge is 2.13. The van der Waals surface area contributed by atoms with Gasteiger partial charge in [0.05, 0.1) is 6.10 Å². The van der Waals surface area contributed by atoms with Crippen molar-refractivity contribution in [3.05, 3.63) is 0 Å². The molecule has 0 bridgehead atoms. The maximum atomic E-state index is 5.35. The van der Waals surface area contributed by atoms with Gasteiger partial charge in [-0.15, -0.1) is 0 Å². The monoisotopic (exact) mass is 130 g/mol. The Morgan fingerprint density at radius 1 is 1.33 bits per heavy atom. The Hall–Kier alpha value is -0.0400. The fourth-order valence-corrected chi connectivity index (χ4v) is 1.22. The fraction of sp³-hybridized carbons (Fsp3) is 1.00. The average molecular weight is 130 g/mol. The second-order valence-electron chi connectivity index (χ2n) is 2.81. The van der Waals surface area contributed by atoms with Crippen molar-refractivity contribution in [2.24, 2.45) is 5.92 Å². The third kappa shape index (κ3) is 2.85. The zero-order valence-electron chi connectivity index (χ0n) is 5.68. The van der Waals surface area contributed by atoms with E-state index in [1.807, 2.05) is 0 Å². The molecule has 0 radical (unpaired) electrons. The van der Waals surface area contributed by atoms with Gasteiger partial charge in [0.25, 0.3) is 0 Å². The van der Waals surface area contributed by atoms with E-state index in [2.05, 4.69) is 13.8 Å². The molecule has 0 aromatic rings. The molecular weight excluding hydrogens is 112 g/mol. The Kier molecular flexibility index (Phi) is 3.87. The first kappa shape index (κ1) is 8.96. The first-order valence-electron chi connectivity index (χ1n) is 3.40. The van der Waals surface area contributed by atoms with Crippen molar-refractivity contribution in [2.75, 3.05) is 6.61 Å². The Balaban J connectivity index is 0.000000640. The van der Waals surface area contributed by atoms with Gasteiger partial charge in [-0.05, 0) is 25.7 Å². The summed E-state index contributed by atoms with van der Waals surface area (Å²) in [5, 5.41) is 0. The van der Waals surface area contributed by atoms with Crippen molar-refractivity contribution in [3.8, 4) is 0 Å². The molecule has 0 N–H and O–H groups in total. The smallest absolute Gasteiger partial charge is 0.0549 e. The quantitative estimate of drug-likeness (QED) is 0.489. The minimum atomic E-state index is 0. The molecule has 0 aliphatic carbocycles. The molecule has 1 heteroatoms. The average Bonchev–Trinajstić information content (AvgIpc) is 1.64. The molecule has 1 fully saturated rings. The molecule has 0 spiro atoms. The lowest BCUT2D eigenvalue weighted by atomic mass is 9.99. The number of ether oxygens (including phenoxy) is 1. The summed E-state index contributed by atoms with van der Waals surface area (Å²) in [5.41, 5.74) is 0. The summed E-state index contributed by atoms with van der Waals surface area (Å²) >= 11 is 0. The molecule has 1 aliphatic rings. The van der Waals surface area contributed by atoms with Gasteiger partial charge in [0.2, 0.25) is 0 Å². The SMILES string of the molecule is C.CC1CCOC(C)C1. The lowest BCUT2D eigenvalue weighted by molar-refractivity contribution is 0.00682. The second-order valence-corrected chi connectivity index (χ2v) is 2.81. The summed E-state index contributed by atoms with van der Waals surface area (Å²) in [6.07, 6.45) is 3.02. The third-order valence-corrected chi connectivity index (χ3v) is 1.75. The van der Waals surface area contributed by atoms with Crippen LogP contribution >= 0.6 is 0 Å². The standard InChI is InChI=1S/C7H14O.CH4/c1-6-3-4-8-7(2)5-6;/h6-7H,3-5H2,1-2H3;1H4. The van der Waals surface area contributed by atoms with Crippen LogP contribution in [0, 0.1) is 5.92 Å². The van der Waals surface area contributed by atoms with E-state index < -0.39 is 0 Å². The predicted molar refractivity (Wildman–Crippen MR) is 40.5 cm³/mol. The van der Waals surface area contributed by atoms with E-state index in [9.17, 15) is 0 Å². The summed E-state index contributed by atoms with van der Waals surface area (Å²) in [7, 11) is 0. The summed E-state index contributed by atoms with van der Waals surface area (Å²) in [6.45, 7) is 5.41. The molecule has 1 nitrogen and oxygen atoms in total. The highest BCUT2D eigenvalue weighted by atomic mass is 16.5. The molecule has 1 saturated heterocycles. The Morgan fingerprint density at radius 3 is 2.33 bits per heavy atom. The molecule has 0 aromatic carbocycles. The van der Waals surface area contributed by atoms with Gasteiger partial charge in [0.1, 0.15) is 0 Å². The van der Waals surface area contributed by atoms with E-state index in [-0.39, 0.29) is 7.43 Å². The molecule has 1 aliphatic heterocycles. The van der Waals surface area contributed by atoms with E-state index in [0.29, 0.717) is 6.10 Å². The maximum absolute atomic E-state index is 5.35. The van der Waals surface area contributed by atoms with Crippen LogP contribution in [0.5, 0.6) is 0 Å². The van der Waals surface area contributed by atoms with Gasteiger partial charge in [-0.2, -0.15) is 0 Å². The van der Waals surface area contributed by atoms with Gasteiger partial charge in [-0.1, -0.05) is 14.4 Å². The molecule has 0 saturated carbocycles. The minimum absolute atomic E-state index is 0. The van der Waals surface area contributed by atoms with Crippen LogP contribution < -0.4 is 0 Å². The zero-order valence-corrected chi connectivity index (χ0v) is 5.68. The van der Waals surface area contributed by atoms with Crippen LogP contribution in [0.25, 0.3) is 0 Å². The predicted octanol–water partition coefficient (Wildman–Crippen LogP) is 2.46. The van der Waals surface area contributed by atoms with Crippen molar-refractivity contribution in [3.63, 3.8) is 0 Å². The lowest BCUT2D eigenvalue weighted by Gasteiger charge is -2.23. The summed E-state index contributed by atoms with van der Waals surface area (Å²) in [5.74, 6) is 0.888. The summed E-state index contributed by atoms with van der Waals surface area (Å²) < 4.78 is 5.35.